The zero-order chi connectivity index (χ0) is 14.0. The lowest BCUT2D eigenvalue weighted by atomic mass is 10.4. The lowest BCUT2D eigenvalue weighted by Gasteiger charge is -1.90. The van der Waals surface area contributed by atoms with Gasteiger partial charge in [0.15, 0.2) is 0 Å². The first-order valence-corrected chi connectivity index (χ1v) is 7.15. The van der Waals surface area contributed by atoms with Gasteiger partial charge in [-0.25, -0.2) is 8.37 Å². The Balaban J connectivity index is 0.000000254. The molecule has 0 saturated carbocycles. The Morgan fingerprint density at radius 2 is 1.83 bits per heavy atom. The summed E-state index contributed by atoms with van der Waals surface area (Å²) in [5.74, 6) is 0. The van der Waals surface area contributed by atoms with Crippen molar-refractivity contribution >= 4 is 10.4 Å². The molecule has 0 aromatic rings. The Bertz CT molecular complexity index is 277. The number of hydrogen-bond donors (Lipinski definition) is 2. The predicted molar refractivity (Wildman–Crippen MR) is 64.2 cm³/mol. The average Bonchev–Trinajstić information content (AvgIpc) is 2.92. The van der Waals surface area contributed by atoms with Crippen molar-refractivity contribution in [3.63, 3.8) is 0 Å². The van der Waals surface area contributed by atoms with E-state index in [4.69, 9.17) is 14.9 Å². The molecule has 2 fully saturated rings. The van der Waals surface area contributed by atoms with Gasteiger partial charge in [0.2, 0.25) is 0 Å². The number of aliphatic hydroxyl groups is 2. The molecule has 0 aromatic carbocycles. The van der Waals surface area contributed by atoms with Crippen molar-refractivity contribution in [2.45, 2.75) is 38.9 Å². The van der Waals surface area contributed by atoms with Crippen LogP contribution in [0.5, 0.6) is 0 Å². The second-order valence-electron chi connectivity index (χ2n) is 3.95. The Morgan fingerprint density at radius 1 is 1.33 bits per heavy atom. The van der Waals surface area contributed by atoms with Crippen molar-refractivity contribution in [2.75, 3.05) is 26.4 Å². The predicted octanol–water partition coefficient (Wildman–Crippen LogP) is -0.177. The molecule has 0 radical (unpaired) electrons. The molecule has 8 heteroatoms. The van der Waals surface area contributed by atoms with Crippen LogP contribution in [0.4, 0.5) is 0 Å². The van der Waals surface area contributed by atoms with Crippen LogP contribution in [0.1, 0.15) is 26.7 Å². The normalized spacial score (nSPS) is 26.6. The highest BCUT2D eigenvalue weighted by molar-refractivity contribution is 7.82. The fraction of sp³-hybridized carbons (Fsp3) is 1.00. The summed E-state index contributed by atoms with van der Waals surface area (Å²) in [5, 5.41) is 16.0. The Labute approximate surface area is 108 Å². The summed E-state index contributed by atoms with van der Waals surface area (Å²) >= 11 is 0. The summed E-state index contributed by atoms with van der Waals surface area (Å²) in [7, 11) is -3.60. The average molecular weight is 286 g/mol. The summed E-state index contributed by atoms with van der Waals surface area (Å²) in [6.45, 7) is 5.16. The van der Waals surface area contributed by atoms with Crippen molar-refractivity contribution < 1.29 is 31.7 Å². The van der Waals surface area contributed by atoms with E-state index in [-0.39, 0.29) is 19.3 Å². The minimum absolute atomic E-state index is 0.139. The van der Waals surface area contributed by atoms with Gasteiger partial charge in [-0.2, -0.15) is 8.42 Å². The van der Waals surface area contributed by atoms with Gasteiger partial charge in [0.25, 0.3) is 0 Å². The second kappa shape index (κ2) is 9.65. The minimum Gasteiger partial charge on any atom is -0.394 e. The Hall–Kier alpha value is -0.250. The van der Waals surface area contributed by atoms with Crippen LogP contribution in [0.3, 0.4) is 0 Å². The first-order valence-electron chi connectivity index (χ1n) is 5.81. The van der Waals surface area contributed by atoms with E-state index in [0.29, 0.717) is 0 Å². The van der Waals surface area contributed by atoms with Gasteiger partial charge in [0.1, 0.15) is 6.10 Å². The highest BCUT2D eigenvalue weighted by Crippen LogP contribution is 2.10. The largest absolute Gasteiger partial charge is 0.400 e. The zero-order valence-electron chi connectivity index (χ0n) is 10.7. The van der Waals surface area contributed by atoms with Crippen LogP contribution < -0.4 is 0 Å². The van der Waals surface area contributed by atoms with Crippen molar-refractivity contribution in [3.8, 4) is 0 Å². The van der Waals surface area contributed by atoms with E-state index in [1.165, 1.54) is 19.8 Å². The van der Waals surface area contributed by atoms with E-state index in [9.17, 15) is 8.42 Å². The molecule has 2 unspecified atom stereocenters. The molecular weight excluding hydrogens is 264 g/mol. The van der Waals surface area contributed by atoms with Gasteiger partial charge in [0, 0.05) is 13.2 Å². The number of hydrogen-bond acceptors (Lipinski definition) is 7. The molecule has 2 aliphatic rings. The lowest BCUT2D eigenvalue weighted by Crippen LogP contribution is -2.03. The van der Waals surface area contributed by atoms with Crippen LogP contribution in [-0.4, -0.2) is 57.3 Å². The topological polar surface area (TPSA) is 102 Å². The molecule has 110 valence electrons. The summed E-state index contributed by atoms with van der Waals surface area (Å²) in [6, 6.07) is 0. The molecule has 0 aromatic heterocycles. The molecule has 0 amide bonds. The number of rotatable bonds is 1. The van der Waals surface area contributed by atoms with E-state index in [2.05, 4.69) is 8.37 Å². The Kier molecular flexibility index (Phi) is 9.52. The quantitative estimate of drug-likeness (QED) is 0.689. The first kappa shape index (κ1) is 17.8. The fourth-order valence-corrected chi connectivity index (χ4v) is 1.82. The molecule has 2 rings (SSSR count). The molecule has 0 aliphatic carbocycles. The number of aliphatic hydroxyl groups excluding tert-OH is 2. The monoisotopic (exact) mass is 286 g/mol. The smallest absolute Gasteiger partial charge is 0.394 e. The molecule has 2 N–H and O–H groups in total. The van der Waals surface area contributed by atoms with Gasteiger partial charge in [0.05, 0.1) is 19.3 Å². The van der Waals surface area contributed by atoms with Crippen LogP contribution in [0.2, 0.25) is 0 Å². The SMILES string of the molecule is C1CCOC1.CC(O)CO.CC1COS(=O)(=O)O1. The third-order valence-corrected chi connectivity index (χ3v) is 2.81. The molecule has 2 aliphatic heterocycles. The fourth-order valence-electron chi connectivity index (χ4n) is 0.946. The van der Waals surface area contributed by atoms with Crippen LogP contribution >= 0.6 is 0 Å². The molecule has 18 heavy (non-hydrogen) atoms. The summed E-state index contributed by atoms with van der Waals surface area (Å²) in [4.78, 5) is 0. The van der Waals surface area contributed by atoms with Crippen LogP contribution in [0.25, 0.3) is 0 Å². The van der Waals surface area contributed by atoms with Gasteiger partial charge in [-0.05, 0) is 26.7 Å². The highest BCUT2D eigenvalue weighted by Gasteiger charge is 2.25. The van der Waals surface area contributed by atoms with E-state index >= 15 is 0 Å². The maximum atomic E-state index is 10.2. The molecular formula is C10H22O7S. The van der Waals surface area contributed by atoms with Gasteiger partial charge >= 0.3 is 10.4 Å². The third kappa shape index (κ3) is 10.9. The van der Waals surface area contributed by atoms with E-state index in [1.54, 1.807) is 6.92 Å². The molecule has 2 heterocycles. The summed E-state index contributed by atoms with van der Waals surface area (Å²) in [6.07, 6.45) is 1.68. The van der Waals surface area contributed by atoms with Gasteiger partial charge in [-0.15, -0.1) is 0 Å². The summed E-state index contributed by atoms with van der Waals surface area (Å²) < 4.78 is 33.8. The van der Waals surface area contributed by atoms with Crippen molar-refractivity contribution in [2.24, 2.45) is 0 Å². The maximum absolute atomic E-state index is 10.2. The van der Waals surface area contributed by atoms with Gasteiger partial charge < -0.3 is 14.9 Å². The third-order valence-electron chi connectivity index (χ3n) is 1.82. The molecule has 0 spiro atoms. The molecule has 2 atom stereocenters. The van der Waals surface area contributed by atoms with Crippen molar-refractivity contribution in [1.82, 2.24) is 0 Å². The lowest BCUT2D eigenvalue weighted by molar-refractivity contribution is 0.110. The van der Waals surface area contributed by atoms with Crippen LogP contribution in [0, 0.1) is 0 Å². The number of ether oxygens (including phenoxy) is 1. The van der Waals surface area contributed by atoms with Crippen molar-refractivity contribution in [1.29, 1.82) is 0 Å². The van der Waals surface area contributed by atoms with Crippen LogP contribution in [-0.2, 0) is 23.5 Å². The van der Waals surface area contributed by atoms with Crippen LogP contribution in [0.15, 0.2) is 0 Å². The molecule has 2 saturated heterocycles. The minimum atomic E-state index is -3.60. The zero-order valence-corrected chi connectivity index (χ0v) is 11.6. The van der Waals surface area contributed by atoms with E-state index < -0.39 is 16.5 Å². The Morgan fingerprint density at radius 3 is 1.94 bits per heavy atom. The maximum Gasteiger partial charge on any atom is 0.400 e. The van der Waals surface area contributed by atoms with Gasteiger partial charge in [-0.1, -0.05) is 0 Å². The second-order valence-corrected chi connectivity index (χ2v) is 5.20. The van der Waals surface area contributed by atoms with E-state index in [1.807, 2.05) is 0 Å². The summed E-state index contributed by atoms with van der Waals surface area (Å²) in [5.41, 5.74) is 0. The standard InChI is InChI=1S/C4H8O.C3H6O4S.C3H8O2/c1-2-4-5-3-1;1-3-2-6-8(4,5)7-3;1-3(5)2-4/h1-4H2;3H,2H2,1H3;3-5H,2H2,1H3. The van der Waals surface area contributed by atoms with Crippen molar-refractivity contribution in [3.05, 3.63) is 0 Å². The molecule has 0 bridgehead atoms. The first-order chi connectivity index (χ1) is 8.37. The molecule has 7 nitrogen and oxygen atoms in total. The van der Waals surface area contributed by atoms with Gasteiger partial charge in [-0.3, -0.25) is 0 Å². The highest BCUT2D eigenvalue weighted by atomic mass is 32.3. The van der Waals surface area contributed by atoms with E-state index in [0.717, 1.165) is 13.2 Å².